The lowest BCUT2D eigenvalue weighted by Crippen LogP contribution is -2.36. The van der Waals surface area contributed by atoms with E-state index in [9.17, 15) is 4.79 Å². The predicted molar refractivity (Wildman–Crippen MR) is 125 cm³/mol. The zero-order valence-corrected chi connectivity index (χ0v) is 19.3. The number of hydrogen-bond donors (Lipinski definition) is 3. The van der Waals surface area contributed by atoms with Gasteiger partial charge in [0.2, 0.25) is 0 Å². The molecule has 27 heavy (non-hydrogen) atoms. The maximum atomic E-state index is 12.1. The molecule has 0 bridgehead atoms. The van der Waals surface area contributed by atoms with Crippen molar-refractivity contribution in [1.29, 1.82) is 0 Å². The zero-order valence-electron chi connectivity index (χ0n) is 16.2. The second-order valence-electron chi connectivity index (χ2n) is 5.96. The summed E-state index contributed by atoms with van der Waals surface area (Å²) in [6, 6.07) is 12.0. The third-order valence-corrected chi connectivity index (χ3v) is 5.13. The van der Waals surface area contributed by atoms with E-state index in [2.05, 4.69) is 40.0 Å². The largest absolute Gasteiger partial charge is 0.352 e. The fourth-order valence-corrected chi connectivity index (χ4v) is 3.35. The van der Waals surface area contributed by atoms with Gasteiger partial charge in [0.1, 0.15) is 0 Å². The molecule has 0 fully saturated rings. The van der Waals surface area contributed by atoms with Gasteiger partial charge < -0.3 is 16.0 Å². The number of guanidine groups is 1. The van der Waals surface area contributed by atoms with E-state index in [-0.39, 0.29) is 29.9 Å². The number of nitrogens with zero attached hydrogens (tertiary/aromatic N) is 1. The number of aryl methyl sites for hydroxylation is 1. The van der Waals surface area contributed by atoms with Gasteiger partial charge in [-0.25, -0.2) is 0 Å². The number of hydrogen-bond acceptors (Lipinski definition) is 3. The van der Waals surface area contributed by atoms with Gasteiger partial charge >= 0.3 is 0 Å². The second-order valence-corrected chi connectivity index (χ2v) is 7.21. The summed E-state index contributed by atoms with van der Waals surface area (Å²) in [6.07, 6.45) is 2.00. The minimum absolute atomic E-state index is 0. The fraction of sp³-hybridized carbons (Fsp3) is 0.400. The molecule has 0 aliphatic rings. The monoisotopic (exact) mass is 500 g/mol. The highest BCUT2D eigenvalue weighted by Crippen LogP contribution is 2.16. The van der Waals surface area contributed by atoms with Crippen LogP contribution in [0.2, 0.25) is 0 Å². The molecule has 5 nitrogen and oxygen atoms in total. The molecule has 0 aliphatic carbocycles. The molecule has 7 heteroatoms. The molecule has 148 valence electrons. The minimum atomic E-state index is -0.0272. The Morgan fingerprint density at radius 2 is 1.78 bits per heavy atom. The Morgan fingerprint density at radius 3 is 2.44 bits per heavy atom. The number of amides is 1. The first-order chi connectivity index (χ1) is 12.7. The lowest BCUT2D eigenvalue weighted by molar-refractivity contribution is 0.0953. The van der Waals surface area contributed by atoms with Gasteiger partial charge in [0.15, 0.2) is 5.96 Å². The molecule has 0 radical (unpaired) electrons. The first-order valence-corrected chi connectivity index (χ1v) is 9.87. The van der Waals surface area contributed by atoms with E-state index >= 15 is 0 Å². The number of thiophene rings is 1. The lowest BCUT2D eigenvalue weighted by atomic mass is 10.1. The van der Waals surface area contributed by atoms with E-state index in [1.807, 2.05) is 42.5 Å². The Hall–Kier alpha value is -1.61. The highest BCUT2D eigenvalue weighted by atomic mass is 127. The van der Waals surface area contributed by atoms with Crippen LogP contribution in [0.5, 0.6) is 0 Å². The van der Waals surface area contributed by atoms with Crippen LogP contribution < -0.4 is 16.0 Å². The summed E-state index contributed by atoms with van der Waals surface area (Å²) in [7, 11) is 1.76. The topological polar surface area (TPSA) is 65.5 Å². The van der Waals surface area contributed by atoms with Crippen molar-refractivity contribution in [2.45, 2.75) is 39.8 Å². The van der Waals surface area contributed by atoms with Gasteiger partial charge in [-0.05, 0) is 42.7 Å². The number of benzene rings is 1. The summed E-state index contributed by atoms with van der Waals surface area (Å²) in [5, 5.41) is 9.53. The van der Waals surface area contributed by atoms with E-state index < -0.39 is 0 Å². The Bertz CT molecular complexity index is 745. The molecule has 0 saturated heterocycles. The third-order valence-electron chi connectivity index (χ3n) is 3.90. The highest BCUT2D eigenvalue weighted by Gasteiger charge is 2.06. The minimum Gasteiger partial charge on any atom is -0.352 e. The van der Waals surface area contributed by atoms with Crippen molar-refractivity contribution in [2.24, 2.45) is 4.99 Å². The van der Waals surface area contributed by atoms with Gasteiger partial charge in [-0.15, -0.1) is 35.3 Å². The summed E-state index contributed by atoms with van der Waals surface area (Å²) in [6.45, 7) is 6.27. The van der Waals surface area contributed by atoms with E-state index in [1.54, 1.807) is 7.05 Å². The molecule has 1 amide bonds. The van der Waals surface area contributed by atoms with Gasteiger partial charge in [0.05, 0.1) is 6.54 Å². The molecular weight excluding hydrogens is 471 g/mol. The Kier molecular flexibility index (Phi) is 11.0. The van der Waals surface area contributed by atoms with Crippen LogP contribution in [0.25, 0.3) is 0 Å². The normalized spacial score (nSPS) is 10.9. The molecule has 0 aliphatic heterocycles. The van der Waals surface area contributed by atoms with Gasteiger partial charge in [-0.2, -0.15) is 0 Å². The molecule has 0 saturated carbocycles. The molecule has 2 rings (SSSR count). The number of aliphatic imine (C=N–C) groups is 1. The summed E-state index contributed by atoms with van der Waals surface area (Å²) >= 11 is 1.82. The maximum Gasteiger partial charge on any atom is 0.251 e. The summed E-state index contributed by atoms with van der Waals surface area (Å²) in [4.78, 5) is 19.0. The number of halogens is 1. The van der Waals surface area contributed by atoms with Crippen LogP contribution in [0.15, 0.2) is 41.4 Å². The Morgan fingerprint density at radius 1 is 1.04 bits per heavy atom. The second kappa shape index (κ2) is 12.7. The number of carbonyl (C=O) groups is 1. The Balaban J connectivity index is 0.00000364. The first kappa shape index (κ1) is 23.4. The number of rotatable bonds is 8. The standard InChI is InChI=1S/C20H28N4OS.HI/c1-4-11-22-19(25)16-8-6-7-15(12-16)13-23-20(21-3)24-14-18-10-9-17(5-2)26-18;/h6-10,12H,4-5,11,13-14H2,1-3H3,(H,22,25)(H2,21,23,24);1H. The van der Waals surface area contributed by atoms with Crippen LogP contribution in [-0.2, 0) is 19.5 Å². The van der Waals surface area contributed by atoms with Crippen molar-refractivity contribution >= 4 is 47.2 Å². The van der Waals surface area contributed by atoms with Crippen LogP contribution in [0, 0.1) is 0 Å². The van der Waals surface area contributed by atoms with Crippen molar-refractivity contribution in [3.05, 3.63) is 57.3 Å². The van der Waals surface area contributed by atoms with E-state index in [1.165, 1.54) is 9.75 Å². The predicted octanol–water partition coefficient (Wildman–Crippen LogP) is 3.93. The molecule has 1 aromatic heterocycles. The molecule has 3 N–H and O–H groups in total. The molecule has 2 aromatic rings. The van der Waals surface area contributed by atoms with Gasteiger partial charge in [0.25, 0.3) is 5.91 Å². The third kappa shape index (κ3) is 7.88. The van der Waals surface area contributed by atoms with Crippen molar-refractivity contribution in [3.8, 4) is 0 Å². The average Bonchev–Trinajstić information content (AvgIpc) is 3.14. The average molecular weight is 500 g/mol. The van der Waals surface area contributed by atoms with Crippen LogP contribution in [-0.4, -0.2) is 25.5 Å². The summed E-state index contributed by atoms with van der Waals surface area (Å²) in [5.41, 5.74) is 1.73. The van der Waals surface area contributed by atoms with Gasteiger partial charge in [0, 0.05) is 35.5 Å². The Labute approximate surface area is 183 Å². The molecule has 1 heterocycles. The molecule has 0 spiro atoms. The van der Waals surface area contributed by atoms with Crippen LogP contribution >= 0.6 is 35.3 Å². The smallest absolute Gasteiger partial charge is 0.251 e. The molecular formula is C20H29IN4OS. The summed E-state index contributed by atoms with van der Waals surface area (Å²) < 4.78 is 0. The lowest BCUT2D eigenvalue weighted by Gasteiger charge is -2.12. The first-order valence-electron chi connectivity index (χ1n) is 9.05. The van der Waals surface area contributed by atoms with Crippen molar-refractivity contribution in [1.82, 2.24) is 16.0 Å². The zero-order chi connectivity index (χ0) is 18.8. The quantitative estimate of drug-likeness (QED) is 0.293. The van der Waals surface area contributed by atoms with Crippen LogP contribution in [0.4, 0.5) is 0 Å². The van der Waals surface area contributed by atoms with Gasteiger partial charge in [-0.3, -0.25) is 9.79 Å². The van der Waals surface area contributed by atoms with E-state index in [0.717, 1.165) is 30.9 Å². The fourth-order valence-electron chi connectivity index (χ4n) is 2.45. The molecule has 0 unspecified atom stereocenters. The summed E-state index contributed by atoms with van der Waals surface area (Å²) in [5.74, 6) is 0.720. The van der Waals surface area contributed by atoms with Gasteiger partial charge in [-0.1, -0.05) is 26.0 Å². The number of nitrogens with one attached hydrogen (secondary N) is 3. The van der Waals surface area contributed by atoms with Crippen LogP contribution in [0.3, 0.4) is 0 Å². The maximum absolute atomic E-state index is 12.1. The van der Waals surface area contributed by atoms with Crippen molar-refractivity contribution in [2.75, 3.05) is 13.6 Å². The van der Waals surface area contributed by atoms with Crippen LogP contribution in [0.1, 0.15) is 45.9 Å². The molecule has 0 atom stereocenters. The van der Waals surface area contributed by atoms with Crippen molar-refractivity contribution < 1.29 is 4.79 Å². The highest BCUT2D eigenvalue weighted by molar-refractivity contribution is 14.0. The SMILES string of the molecule is CCCNC(=O)c1cccc(CNC(=NC)NCc2ccc(CC)s2)c1.I. The van der Waals surface area contributed by atoms with E-state index in [0.29, 0.717) is 18.7 Å². The van der Waals surface area contributed by atoms with E-state index in [4.69, 9.17) is 0 Å². The van der Waals surface area contributed by atoms with Crippen molar-refractivity contribution in [3.63, 3.8) is 0 Å². The molecule has 1 aromatic carbocycles. The number of carbonyl (C=O) groups excluding carboxylic acids is 1.